The van der Waals surface area contributed by atoms with Crippen LogP contribution in [0.4, 0.5) is 0 Å². The van der Waals surface area contributed by atoms with Crippen molar-refractivity contribution in [2.75, 3.05) is 6.61 Å². The maximum atomic E-state index is 6.16. The maximum absolute atomic E-state index is 6.16. The lowest BCUT2D eigenvalue weighted by molar-refractivity contribution is 0.115. The molecule has 27 heavy (non-hydrogen) atoms. The van der Waals surface area contributed by atoms with Gasteiger partial charge in [-0.1, -0.05) is 93.1 Å². The van der Waals surface area contributed by atoms with Crippen molar-refractivity contribution in [3.8, 4) is 0 Å². The molecule has 0 amide bonds. The number of allylic oxidation sites excluding steroid dienone is 1. The monoisotopic (exact) mass is 362 g/mol. The van der Waals surface area contributed by atoms with Gasteiger partial charge in [-0.05, 0) is 48.1 Å². The summed E-state index contributed by atoms with van der Waals surface area (Å²) in [5, 5.41) is 0. The van der Waals surface area contributed by atoms with Crippen LogP contribution in [0.5, 0.6) is 0 Å². The second-order valence-corrected chi connectivity index (χ2v) is 8.50. The minimum atomic E-state index is 0.330. The van der Waals surface area contributed by atoms with Crippen LogP contribution in [0.2, 0.25) is 0 Å². The van der Waals surface area contributed by atoms with E-state index in [0.29, 0.717) is 18.4 Å². The molecule has 0 saturated heterocycles. The molecule has 0 bridgehead atoms. The number of hydrogen-bond acceptors (Lipinski definition) is 1. The first-order valence-electron chi connectivity index (χ1n) is 10.5. The molecule has 3 atom stereocenters. The molecule has 2 aromatic carbocycles. The van der Waals surface area contributed by atoms with Crippen LogP contribution in [0.25, 0.3) is 0 Å². The molecule has 0 N–H and O–H groups in total. The van der Waals surface area contributed by atoms with Crippen molar-refractivity contribution in [3.05, 3.63) is 83.4 Å². The molecule has 3 rings (SSSR count). The van der Waals surface area contributed by atoms with Crippen molar-refractivity contribution in [2.24, 2.45) is 17.8 Å². The molecule has 1 fully saturated rings. The van der Waals surface area contributed by atoms with Crippen molar-refractivity contribution in [2.45, 2.75) is 52.6 Å². The second kappa shape index (κ2) is 9.90. The molecule has 0 heterocycles. The third-order valence-corrected chi connectivity index (χ3v) is 5.89. The molecule has 1 aliphatic carbocycles. The third-order valence-electron chi connectivity index (χ3n) is 5.89. The van der Waals surface area contributed by atoms with Crippen LogP contribution in [0.1, 0.15) is 57.1 Å². The van der Waals surface area contributed by atoms with Gasteiger partial charge in [-0.25, -0.2) is 0 Å². The average Bonchev–Trinajstić information content (AvgIpc) is 2.68. The van der Waals surface area contributed by atoms with Crippen molar-refractivity contribution >= 4 is 0 Å². The van der Waals surface area contributed by atoms with Gasteiger partial charge in [-0.2, -0.15) is 0 Å². The highest BCUT2D eigenvalue weighted by molar-refractivity contribution is 5.27. The highest BCUT2D eigenvalue weighted by atomic mass is 16.5. The molecular weight excluding hydrogens is 328 g/mol. The van der Waals surface area contributed by atoms with E-state index < -0.39 is 0 Å². The molecule has 1 heteroatoms. The number of rotatable bonds is 7. The zero-order chi connectivity index (χ0) is 19.1. The molecule has 0 aromatic heterocycles. The lowest BCUT2D eigenvalue weighted by atomic mass is 9.73. The topological polar surface area (TPSA) is 9.23 Å². The summed E-state index contributed by atoms with van der Waals surface area (Å²) in [6.45, 7) is 8.56. The van der Waals surface area contributed by atoms with E-state index in [4.69, 9.17) is 4.74 Å². The predicted octanol–water partition coefficient (Wildman–Crippen LogP) is 7.01. The fourth-order valence-electron chi connectivity index (χ4n) is 4.34. The Morgan fingerprint density at radius 3 is 2.30 bits per heavy atom. The van der Waals surface area contributed by atoms with E-state index in [-0.39, 0.29) is 0 Å². The van der Waals surface area contributed by atoms with E-state index in [1.165, 1.54) is 30.4 Å². The molecule has 144 valence electrons. The van der Waals surface area contributed by atoms with E-state index in [1.54, 1.807) is 5.57 Å². The van der Waals surface area contributed by atoms with Crippen LogP contribution in [-0.4, -0.2) is 6.61 Å². The summed E-state index contributed by atoms with van der Waals surface area (Å²) in [5.41, 5.74) is 4.25. The highest BCUT2D eigenvalue weighted by Crippen LogP contribution is 2.39. The molecule has 1 nitrogen and oxygen atoms in total. The standard InChI is InChI=1S/C26H34O/c1-20(2)26-15-14-21(3)16-24(26)17-25(23-12-8-5-9-13-23)19-27-18-22-10-6-4-7-11-22/h4-13,17,20-21,25-26H,14-16,18-19H2,1-3H3/b24-17+/t21-,25-,26+/m1/s1. The highest BCUT2D eigenvalue weighted by Gasteiger charge is 2.26. The Balaban J connectivity index is 1.76. The SMILES string of the molecule is CC(C)[C@@H]1CC[C@@H](C)C/C1=C\[C@H](COCc1ccccc1)c1ccccc1. The number of hydrogen-bond donors (Lipinski definition) is 0. The fourth-order valence-corrected chi connectivity index (χ4v) is 4.34. The molecule has 0 aliphatic heterocycles. The largest absolute Gasteiger partial charge is 0.376 e. The van der Waals surface area contributed by atoms with Crippen molar-refractivity contribution in [3.63, 3.8) is 0 Å². The molecule has 2 aromatic rings. The summed E-state index contributed by atoms with van der Waals surface area (Å²) in [4.78, 5) is 0. The van der Waals surface area contributed by atoms with Crippen molar-refractivity contribution < 1.29 is 4.74 Å². The summed E-state index contributed by atoms with van der Waals surface area (Å²) >= 11 is 0. The van der Waals surface area contributed by atoms with Gasteiger partial charge in [-0.15, -0.1) is 0 Å². The minimum Gasteiger partial charge on any atom is -0.376 e. The van der Waals surface area contributed by atoms with Gasteiger partial charge in [0.2, 0.25) is 0 Å². The Kier molecular flexibility index (Phi) is 7.29. The molecule has 1 aliphatic rings. The van der Waals surface area contributed by atoms with Crippen molar-refractivity contribution in [1.29, 1.82) is 0 Å². The lowest BCUT2D eigenvalue weighted by Gasteiger charge is -2.33. The molecule has 1 saturated carbocycles. The van der Waals surface area contributed by atoms with Crippen LogP contribution in [0.15, 0.2) is 72.3 Å². The summed E-state index contributed by atoms with van der Waals surface area (Å²) in [5.74, 6) is 2.57. The lowest BCUT2D eigenvalue weighted by Crippen LogP contribution is -2.21. The van der Waals surface area contributed by atoms with E-state index in [1.807, 2.05) is 0 Å². The van der Waals surface area contributed by atoms with E-state index >= 15 is 0 Å². The van der Waals surface area contributed by atoms with Gasteiger partial charge in [0.05, 0.1) is 13.2 Å². The Bertz CT molecular complexity index is 702. The van der Waals surface area contributed by atoms with Crippen molar-refractivity contribution in [1.82, 2.24) is 0 Å². The molecule has 0 spiro atoms. The fraction of sp³-hybridized carbons (Fsp3) is 0.462. The Hall–Kier alpha value is -1.86. The van der Waals surface area contributed by atoms with Gasteiger partial charge in [0.1, 0.15) is 0 Å². The predicted molar refractivity (Wildman–Crippen MR) is 115 cm³/mol. The van der Waals surface area contributed by atoms with Crippen LogP contribution >= 0.6 is 0 Å². The van der Waals surface area contributed by atoms with Crippen LogP contribution in [0.3, 0.4) is 0 Å². The minimum absolute atomic E-state index is 0.330. The van der Waals surface area contributed by atoms with Gasteiger partial charge in [0, 0.05) is 5.92 Å². The van der Waals surface area contributed by atoms with Gasteiger partial charge in [0.15, 0.2) is 0 Å². The van der Waals surface area contributed by atoms with Crippen LogP contribution < -0.4 is 0 Å². The quantitative estimate of drug-likeness (QED) is 0.482. The van der Waals surface area contributed by atoms with Gasteiger partial charge in [0.25, 0.3) is 0 Å². The zero-order valence-corrected chi connectivity index (χ0v) is 17.1. The average molecular weight is 363 g/mol. The Morgan fingerprint density at radius 2 is 1.63 bits per heavy atom. The summed E-state index contributed by atoms with van der Waals surface area (Å²) in [6.07, 6.45) is 6.48. The number of benzene rings is 2. The Labute approximate surface area is 165 Å². The first kappa shape index (κ1) is 19.9. The van der Waals surface area contributed by atoms with Crippen LogP contribution in [0, 0.1) is 17.8 Å². The van der Waals surface area contributed by atoms with Gasteiger partial charge < -0.3 is 4.74 Å². The Morgan fingerprint density at radius 1 is 0.963 bits per heavy atom. The van der Waals surface area contributed by atoms with E-state index in [0.717, 1.165) is 18.4 Å². The maximum Gasteiger partial charge on any atom is 0.0717 e. The first-order chi connectivity index (χ1) is 13.1. The normalized spacial score (nSPS) is 22.9. The number of ether oxygens (including phenoxy) is 1. The van der Waals surface area contributed by atoms with E-state index in [2.05, 4.69) is 87.5 Å². The molecule has 0 unspecified atom stereocenters. The zero-order valence-electron chi connectivity index (χ0n) is 17.1. The smallest absolute Gasteiger partial charge is 0.0717 e. The third kappa shape index (κ3) is 5.81. The second-order valence-electron chi connectivity index (χ2n) is 8.50. The van der Waals surface area contributed by atoms with Gasteiger partial charge in [-0.3, -0.25) is 0 Å². The summed E-state index contributed by atoms with van der Waals surface area (Å²) in [7, 11) is 0. The van der Waals surface area contributed by atoms with E-state index in [9.17, 15) is 0 Å². The summed E-state index contributed by atoms with van der Waals surface area (Å²) in [6, 6.07) is 21.3. The first-order valence-corrected chi connectivity index (χ1v) is 10.5. The molecule has 0 radical (unpaired) electrons. The molecular formula is C26H34O. The summed E-state index contributed by atoms with van der Waals surface area (Å²) < 4.78 is 6.16. The van der Waals surface area contributed by atoms with Crippen LogP contribution in [-0.2, 0) is 11.3 Å². The van der Waals surface area contributed by atoms with Gasteiger partial charge >= 0.3 is 0 Å².